The van der Waals surface area contributed by atoms with Gasteiger partial charge in [0.1, 0.15) is 5.56 Å². The summed E-state index contributed by atoms with van der Waals surface area (Å²) in [7, 11) is 0. The van der Waals surface area contributed by atoms with Crippen molar-refractivity contribution in [3.8, 4) is 0 Å². The summed E-state index contributed by atoms with van der Waals surface area (Å²) in [5.41, 5.74) is 2.15. The molecular weight excluding hydrogens is 446 g/mol. The van der Waals surface area contributed by atoms with Crippen LogP contribution in [0.15, 0.2) is 53.5 Å². The van der Waals surface area contributed by atoms with Gasteiger partial charge in [0.2, 0.25) is 5.95 Å². The third-order valence-electron chi connectivity index (χ3n) is 5.17. The number of fused-ring (bicyclic) bond motifs is 1. The van der Waals surface area contributed by atoms with Gasteiger partial charge in [-0.1, -0.05) is 23.7 Å². The number of carbonyl (C=O) groups excluding carboxylic acids is 1. The first kappa shape index (κ1) is 20.7. The fraction of sp³-hybridized carbons (Fsp3) is 0.217. The van der Waals surface area contributed by atoms with E-state index in [-0.39, 0.29) is 17.5 Å². The van der Waals surface area contributed by atoms with Gasteiger partial charge >= 0.3 is 0 Å². The number of carbonyl (C=O) groups is 1. The molecule has 7 nitrogen and oxygen atoms in total. The molecule has 0 bridgehead atoms. The molecule has 162 valence electrons. The molecule has 1 amide bonds. The standard InChI is InChI=1S/C23H20ClN5O2S/c1-13-25-19-9-8-17(10-20(19)32-13)27-23-28-22(31)18(21(30)26-16-6-7-16)12-29(23)11-14-2-4-15(24)5-3-14/h2-5,8-10,12,16H,6-7,11H2,1H3,(H,26,30)(H,27,28,31). The Bertz CT molecular complexity index is 1380. The second-order valence-corrected chi connectivity index (χ2v) is 9.50. The van der Waals surface area contributed by atoms with Crippen molar-refractivity contribution >= 4 is 50.7 Å². The Morgan fingerprint density at radius 3 is 2.72 bits per heavy atom. The van der Waals surface area contributed by atoms with Crippen molar-refractivity contribution in [1.82, 2.24) is 19.9 Å². The van der Waals surface area contributed by atoms with Gasteiger partial charge in [0.15, 0.2) is 0 Å². The summed E-state index contributed by atoms with van der Waals surface area (Å²) in [5.74, 6) is -0.0310. The van der Waals surface area contributed by atoms with E-state index in [9.17, 15) is 9.59 Å². The zero-order chi connectivity index (χ0) is 22.2. The van der Waals surface area contributed by atoms with E-state index >= 15 is 0 Å². The van der Waals surface area contributed by atoms with Crippen LogP contribution < -0.4 is 16.2 Å². The summed E-state index contributed by atoms with van der Waals surface area (Å²) in [6.07, 6.45) is 3.45. The Balaban J connectivity index is 1.52. The van der Waals surface area contributed by atoms with Crippen molar-refractivity contribution in [2.24, 2.45) is 0 Å². The fourth-order valence-corrected chi connectivity index (χ4v) is 4.39. The van der Waals surface area contributed by atoms with Gasteiger partial charge in [-0.2, -0.15) is 4.98 Å². The number of nitrogens with one attached hydrogen (secondary N) is 2. The maximum atomic E-state index is 12.7. The van der Waals surface area contributed by atoms with E-state index in [1.165, 1.54) is 0 Å². The number of halogens is 1. The second-order valence-electron chi connectivity index (χ2n) is 7.83. The first-order valence-electron chi connectivity index (χ1n) is 10.3. The summed E-state index contributed by atoms with van der Waals surface area (Å²) < 4.78 is 2.81. The van der Waals surface area contributed by atoms with Crippen LogP contribution in [-0.4, -0.2) is 26.5 Å². The Morgan fingerprint density at radius 1 is 1.19 bits per heavy atom. The first-order chi connectivity index (χ1) is 15.4. The Kier molecular flexibility index (Phi) is 5.40. The molecule has 1 fully saturated rings. The monoisotopic (exact) mass is 465 g/mol. The molecule has 5 rings (SSSR count). The molecule has 0 radical (unpaired) electrons. The number of anilines is 2. The van der Waals surface area contributed by atoms with E-state index in [4.69, 9.17) is 11.6 Å². The number of benzene rings is 2. The van der Waals surface area contributed by atoms with E-state index in [1.54, 1.807) is 34.2 Å². The van der Waals surface area contributed by atoms with Crippen molar-refractivity contribution in [3.63, 3.8) is 0 Å². The number of aromatic nitrogens is 3. The molecule has 1 aliphatic carbocycles. The Morgan fingerprint density at radius 2 is 1.97 bits per heavy atom. The van der Waals surface area contributed by atoms with E-state index in [2.05, 4.69) is 20.6 Å². The maximum absolute atomic E-state index is 12.7. The third-order valence-corrected chi connectivity index (χ3v) is 6.36. The minimum atomic E-state index is -0.562. The van der Waals surface area contributed by atoms with Gasteiger partial charge in [-0.25, -0.2) is 4.98 Å². The van der Waals surface area contributed by atoms with Crippen molar-refractivity contribution < 1.29 is 4.79 Å². The highest BCUT2D eigenvalue weighted by Gasteiger charge is 2.25. The molecule has 2 aromatic heterocycles. The van der Waals surface area contributed by atoms with Gasteiger partial charge in [0.25, 0.3) is 11.5 Å². The summed E-state index contributed by atoms with van der Waals surface area (Å²) in [4.78, 5) is 34.0. The Hall–Kier alpha value is -3.23. The number of hydrogen-bond donors (Lipinski definition) is 2. The van der Waals surface area contributed by atoms with Gasteiger partial charge in [0.05, 0.1) is 21.8 Å². The van der Waals surface area contributed by atoms with Crippen LogP contribution in [0.2, 0.25) is 5.02 Å². The molecule has 0 spiro atoms. The lowest BCUT2D eigenvalue weighted by atomic mass is 10.2. The fourth-order valence-electron chi connectivity index (χ4n) is 3.39. The predicted octanol–water partition coefficient (Wildman–Crippen LogP) is 4.50. The summed E-state index contributed by atoms with van der Waals surface area (Å²) >= 11 is 7.62. The van der Waals surface area contributed by atoms with Crippen molar-refractivity contribution in [2.75, 3.05) is 5.32 Å². The average Bonchev–Trinajstić information content (AvgIpc) is 3.49. The van der Waals surface area contributed by atoms with Crippen LogP contribution in [0.4, 0.5) is 11.6 Å². The highest BCUT2D eigenvalue weighted by Crippen LogP contribution is 2.26. The first-order valence-corrected chi connectivity index (χ1v) is 11.4. The molecule has 0 aliphatic heterocycles. The lowest BCUT2D eigenvalue weighted by Crippen LogP contribution is -2.32. The molecule has 2 N–H and O–H groups in total. The second kappa shape index (κ2) is 8.37. The molecule has 0 atom stereocenters. The minimum Gasteiger partial charge on any atom is -0.349 e. The van der Waals surface area contributed by atoms with Gasteiger partial charge in [-0.05, 0) is 55.7 Å². The van der Waals surface area contributed by atoms with E-state index < -0.39 is 5.56 Å². The smallest absolute Gasteiger partial charge is 0.287 e. The van der Waals surface area contributed by atoms with Gasteiger partial charge in [-0.3, -0.25) is 9.59 Å². The molecule has 1 aliphatic rings. The molecule has 9 heteroatoms. The quantitative estimate of drug-likeness (QED) is 0.437. The van der Waals surface area contributed by atoms with E-state index in [0.717, 1.165) is 39.3 Å². The number of hydrogen-bond acceptors (Lipinski definition) is 6. The lowest BCUT2D eigenvalue weighted by molar-refractivity contribution is 0.0948. The topological polar surface area (TPSA) is 88.9 Å². The van der Waals surface area contributed by atoms with Crippen LogP contribution in [0.5, 0.6) is 0 Å². The summed E-state index contributed by atoms with van der Waals surface area (Å²) in [6.45, 7) is 2.38. The molecule has 32 heavy (non-hydrogen) atoms. The van der Waals surface area contributed by atoms with Gasteiger partial charge in [0, 0.05) is 22.9 Å². The van der Waals surface area contributed by atoms with Crippen LogP contribution in [0.1, 0.15) is 33.8 Å². The average molecular weight is 466 g/mol. The zero-order valence-electron chi connectivity index (χ0n) is 17.3. The van der Waals surface area contributed by atoms with Gasteiger partial charge < -0.3 is 15.2 Å². The Labute approximate surface area is 193 Å². The number of aryl methyl sites for hydroxylation is 1. The molecular formula is C23H20ClN5O2S. The van der Waals surface area contributed by atoms with Crippen LogP contribution in [0.3, 0.4) is 0 Å². The lowest BCUT2D eigenvalue weighted by Gasteiger charge is -2.16. The molecule has 2 heterocycles. The van der Waals surface area contributed by atoms with Crippen LogP contribution >= 0.6 is 22.9 Å². The third kappa shape index (κ3) is 4.51. The summed E-state index contributed by atoms with van der Waals surface area (Å²) in [5, 5.41) is 7.73. The number of rotatable bonds is 6. The van der Waals surface area contributed by atoms with Crippen molar-refractivity contribution in [1.29, 1.82) is 0 Å². The van der Waals surface area contributed by atoms with Crippen LogP contribution in [0.25, 0.3) is 10.2 Å². The van der Waals surface area contributed by atoms with Crippen LogP contribution in [0, 0.1) is 6.92 Å². The number of thiazole rings is 1. The van der Waals surface area contributed by atoms with Gasteiger partial charge in [-0.15, -0.1) is 11.3 Å². The highest BCUT2D eigenvalue weighted by molar-refractivity contribution is 7.18. The molecule has 4 aromatic rings. The van der Waals surface area contributed by atoms with E-state index in [1.807, 2.05) is 37.3 Å². The predicted molar refractivity (Wildman–Crippen MR) is 127 cm³/mol. The molecule has 0 unspecified atom stereocenters. The molecule has 2 aromatic carbocycles. The van der Waals surface area contributed by atoms with Crippen molar-refractivity contribution in [3.05, 3.63) is 80.2 Å². The summed E-state index contributed by atoms with van der Waals surface area (Å²) in [6, 6.07) is 13.4. The number of nitrogens with zero attached hydrogens (tertiary/aromatic N) is 3. The normalized spacial score (nSPS) is 13.3. The minimum absolute atomic E-state index is 0.0324. The maximum Gasteiger partial charge on any atom is 0.287 e. The van der Waals surface area contributed by atoms with Crippen LogP contribution in [-0.2, 0) is 6.54 Å². The zero-order valence-corrected chi connectivity index (χ0v) is 18.8. The largest absolute Gasteiger partial charge is 0.349 e. The SMILES string of the molecule is Cc1nc2ccc(Nc3nc(=O)c(C(=O)NC4CC4)cn3Cc3ccc(Cl)cc3)cc2s1. The molecule has 0 saturated heterocycles. The van der Waals surface area contributed by atoms with E-state index in [0.29, 0.717) is 17.5 Å². The van der Waals surface area contributed by atoms with Crippen molar-refractivity contribution in [2.45, 2.75) is 32.4 Å². The number of amides is 1. The molecule has 1 saturated carbocycles. The highest BCUT2D eigenvalue weighted by atomic mass is 35.5.